The lowest BCUT2D eigenvalue weighted by Gasteiger charge is -2.13. The highest BCUT2D eigenvalue weighted by Gasteiger charge is 2.10. The highest BCUT2D eigenvalue weighted by Crippen LogP contribution is 2.33. The van der Waals surface area contributed by atoms with Gasteiger partial charge in [0.05, 0.1) is 9.99 Å². The summed E-state index contributed by atoms with van der Waals surface area (Å²) in [5, 5.41) is 18.1. The molecule has 8 nitrogen and oxygen atoms in total. The number of hydrogen-bond acceptors (Lipinski definition) is 7. The maximum absolute atomic E-state index is 9.88. The Balaban J connectivity index is 1.42. The lowest BCUT2D eigenvalue weighted by Crippen LogP contribution is -1.97. The Morgan fingerprint density at radius 2 is 1.93 bits per heavy atom. The van der Waals surface area contributed by atoms with E-state index in [9.17, 15) is 5.11 Å². The zero-order chi connectivity index (χ0) is 20.7. The van der Waals surface area contributed by atoms with Crippen molar-refractivity contribution in [1.82, 2.24) is 24.6 Å². The van der Waals surface area contributed by atoms with Gasteiger partial charge in [-0.1, -0.05) is 0 Å². The quantitative estimate of drug-likeness (QED) is 0.388. The number of aryl methyl sites for hydroxylation is 1. The van der Waals surface area contributed by atoms with E-state index in [1.54, 1.807) is 22.8 Å². The number of fused-ring (bicyclic) bond motifs is 2. The van der Waals surface area contributed by atoms with Gasteiger partial charge in [0.1, 0.15) is 35.7 Å². The summed E-state index contributed by atoms with van der Waals surface area (Å²) in [4.78, 5) is 12.7. The fourth-order valence-corrected chi connectivity index (χ4v) is 3.47. The Morgan fingerprint density at radius 3 is 2.80 bits per heavy atom. The maximum atomic E-state index is 9.88. The Labute approximate surface area is 179 Å². The summed E-state index contributed by atoms with van der Waals surface area (Å²) < 4.78 is 8.28. The molecule has 0 saturated heterocycles. The number of rotatable bonds is 4. The fourth-order valence-electron chi connectivity index (χ4n) is 3.13. The van der Waals surface area contributed by atoms with Gasteiger partial charge >= 0.3 is 0 Å². The number of phenolic OH excluding ortho intramolecular Hbond substituents is 1. The zero-order valence-electron chi connectivity index (χ0n) is 15.7. The van der Waals surface area contributed by atoms with Crippen LogP contribution in [0.15, 0.2) is 65.8 Å². The van der Waals surface area contributed by atoms with Gasteiger partial charge in [0, 0.05) is 29.4 Å². The van der Waals surface area contributed by atoms with Crippen LogP contribution in [0.1, 0.15) is 5.56 Å². The fraction of sp³-hybridized carbons (Fsp3) is 0.0476. The minimum atomic E-state index is 0.133. The summed E-state index contributed by atoms with van der Waals surface area (Å²) in [6, 6.07) is 12.9. The van der Waals surface area contributed by atoms with Crippen LogP contribution >= 0.6 is 15.9 Å². The monoisotopic (exact) mass is 462 g/mol. The van der Waals surface area contributed by atoms with Gasteiger partial charge in [0.2, 0.25) is 0 Å². The molecule has 30 heavy (non-hydrogen) atoms. The van der Waals surface area contributed by atoms with Crippen LogP contribution in [-0.4, -0.2) is 29.7 Å². The molecule has 148 valence electrons. The number of pyridine rings is 1. The highest BCUT2D eigenvalue weighted by atomic mass is 79.9. The number of anilines is 2. The van der Waals surface area contributed by atoms with Crippen LogP contribution in [0.5, 0.6) is 17.2 Å². The number of halogens is 1. The SMILES string of the molecule is Cc1cc(Nc2ncnc3cc(O)c(Br)cc23)ccc1Oc1ccn2ncnc2c1. The van der Waals surface area contributed by atoms with E-state index in [0.717, 1.165) is 28.0 Å². The summed E-state index contributed by atoms with van der Waals surface area (Å²) in [7, 11) is 0. The largest absolute Gasteiger partial charge is 0.507 e. The molecule has 0 bridgehead atoms. The number of aromatic nitrogens is 5. The second-order valence-corrected chi connectivity index (χ2v) is 7.53. The highest BCUT2D eigenvalue weighted by molar-refractivity contribution is 9.10. The Bertz CT molecular complexity index is 1400. The van der Waals surface area contributed by atoms with Gasteiger partial charge in [0.25, 0.3) is 0 Å². The van der Waals surface area contributed by atoms with E-state index in [-0.39, 0.29) is 5.75 Å². The molecule has 0 aliphatic carbocycles. The number of ether oxygens (including phenoxy) is 1. The van der Waals surface area contributed by atoms with Gasteiger partial charge in [0.15, 0.2) is 5.65 Å². The second-order valence-electron chi connectivity index (χ2n) is 6.68. The van der Waals surface area contributed by atoms with Gasteiger partial charge in [-0.3, -0.25) is 0 Å². The number of phenols is 1. The lowest BCUT2D eigenvalue weighted by molar-refractivity contribution is 0.472. The van der Waals surface area contributed by atoms with Gasteiger partial charge in [-0.2, -0.15) is 5.10 Å². The van der Waals surface area contributed by atoms with E-state index in [1.807, 2.05) is 37.3 Å². The van der Waals surface area contributed by atoms with Crippen LogP contribution in [-0.2, 0) is 0 Å². The van der Waals surface area contributed by atoms with Crippen molar-refractivity contribution in [3.05, 3.63) is 71.4 Å². The Morgan fingerprint density at radius 1 is 1.03 bits per heavy atom. The Kier molecular flexibility index (Phi) is 4.44. The molecule has 0 spiro atoms. The molecule has 0 aliphatic heterocycles. The molecule has 9 heteroatoms. The molecule has 0 saturated carbocycles. The van der Waals surface area contributed by atoms with E-state index in [4.69, 9.17) is 4.74 Å². The predicted octanol–water partition coefficient (Wildman–Crippen LogP) is 4.98. The molecule has 0 radical (unpaired) electrons. The summed E-state index contributed by atoms with van der Waals surface area (Å²) in [5.41, 5.74) is 3.18. The first-order valence-electron chi connectivity index (χ1n) is 9.05. The predicted molar refractivity (Wildman–Crippen MR) is 116 cm³/mol. The Hall–Kier alpha value is -3.72. The molecule has 0 fully saturated rings. The molecular formula is C21H15BrN6O2. The first-order chi connectivity index (χ1) is 14.6. The van der Waals surface area contributed by atoms with Gasteiger partial charge in [-0.15, -0.1) is 0 Å². The normalized spacial score (nSPS) is 11.1. The van der Waals surface area contributed by atoms with E-state index in [1.165, 1.54) is 12.7 Å². The third-order valence-electron chi connectivity index (χ3n) is 4.62. The van der Waals surface area contributed by atoms with E-state index in [0.29, 0.717) is 21.6 Å². The van der Waals surface area contributed by atoms with Crippen molar-refractivity contribution >= 4 is 44.0 Å². The number of benzene rings is 2. The summed E-state index contributed by atoms with van der Waals surface area (Å²) in [5.74, 6) is 2.20. The van der Waals surface area contributed by atoms with Crippen molar-refractivity contribution in [2.45, 2.75) is 6.92 Å². The average Bonchev–Trinajstić information content (AvgIpc) is 3.19. The molecule has 5 rings (SSSR count). The smallest absolute Gasteiger partial charge is 0.158 e. The standard InChI is InChI=1S/C21H15BrN6O2/c1-12-6-13(27-21-15-8-16(22)18(29)9-17(15)23-10-25-21)2-3-19(12)30-14-4-5-28-20(7-14)24-11-26-28/h2-11,29H,1H3,(H,23,25,27). The zero-order valence-corrected chi connectivity index (χ0v) is 17.3. The van der Waals surface area contributed by atoms with Crippen LogP contribution in [0.3, 0.4) is 0 Å². The van der Waals surface area contributed by atoms with Gasteiger partial charge in [-0.05, 0) is 58.7 Å². The molecule has 0 aliphatic rings. The molecule has 3 heterocycles. The van der Waals surface area contributed by atoms with Crippen molar-refractivity contribution in [3.63, 3.8) is 0 Å². The van der Waals surface area contributed by atoms with E-state index >= 15 is 0 Å². The second kappa shape index (κ2) is 7.27. The lowest BCUT2D eigenvalue weighted by atomic mass is 10.2. The van der Waals surface area contributed by atoms with E-state index in [2.05, 4.69) is 41.3 Å². The van der Waals surface area contributed by atoms with Crippen LogP contribution in [0.25, 0.3) is 16.6 Å². The molecule has 2 aromatic carbocycles. The van der Waals surface area contributed by atoms with Crippen molar-refractivity contribution in [3.8, 4) is 17.2 Å². The van der Waals surface area contributed by atoms with Crippen LogP contribution in [0.4, 0.5) is 11.5 Å². The first kappa shape index (κ1) is 18.3. The van der Waals surface area contributed by atoms with Crippen LogP contribution in [0, 0.1) is 6.92 Å². The van der Waals surface area contributed by atoms with Crippen molar-refractivity contribution in [2.24, 2.45) is 0 Å². The molecule has 0 atom stereocenters. The summed E-state index contributed by atoms with van der Waals surface area (Å²) in [6.07, 6.45) is 4.77. The third kappa shape index (κ3) is 3.39. The minimum absolute atomic E-state index is 0.133. The molecule has 0 unspecified atom stereocenters. The number of nitrogens with zero attached hydrogens (tertiary/aromatic N) is 5. The van der Waals surface area contributed by atoms with Gasteiger partial charge in [-0.25, -0.2) is 19.5 Å². The van der Waals surface area contributed by atoms with Crippen molar-refractivity contribution in [2.75, 3.05) is 5.32 Å². The topological polar surface area (TPSA) is 97.5 Å². The van der Waals surface area contributed by atoms with Gasteiger partial charge < -0.3 is 15.2 Å². The third-order valence-corrected chi connectivity index (χ3v) is 5.26. The van der Waals surface area contributed by atoms with E-state index < -0.39 is 0 Å². The molecule has 2 N–H and O–H groups in total. The number of nitrogens with one attached hydrogen (secondary N) is 1. The average molecular weight is 463 g/mol. The maximum Gasteiger partial charge on any atom is 0.158 e. The minimum Gasteiger partial charge on any atom is -0.507 e. The van der Waals surface area contributed by atoms with Crippen molar-refractivity contribution < 1.29 is 9.84 Å². The summed E-state index contributed by atoms with van der Waals surface area (Å²) >= 11 is 3.34. The molecule has 0 amide bonds. The van der Waals surface area contributed by atoms with Crippen LogP contribution in [0.2, 0.25) is 0 Å². The number of aromatic hydroxyl groups is 1. The number of hydrogen-bond donors (Lipinski definition) is 2. The van der Waals surface area contributed by atoms with Crippen molar-refractivity contribution in [1.29, 1.82) is 0 Å². The first-order valence-corrected chi connectivity index (χ1v) is 9.84. The molecular weight excluding hydrogens is 448 g/mol. The summed E-state index contributed by atoms with van der Waals surface area (Å²) in [6.45, 7) is 1.98. The van der Waals surface area contributed by atoms with Crippen LogP contribution < -0.4 is 10.1 Å². The molecule has 5 aromatic rings. The molecule has 3 aromatic heterocycles.